The van der Waals surface area contributed by atoms with Crippen LogP contribution in [0.5, 0.6) is 0 Å². The van der Waals surface area contributed by atoms with Gasteiger partial charge in [0.25, 0.3) is 0 Å². The third-order valence-electron chi connectivity index (χ3n) is 12.5. The van der Waals surface area contributed by atoms with Crippen LogP contribution in [0.3, 0.4) is 0 Å². The molecule has 1 saturated heterocycles. The highest BCUT2D eigenvalue weighted by Crippen LogP contribution is 2.30. The lowest BCUT2D eigenvalue weighted by molar-refractivity contribution is -0.148. The number of nitrogens with one attached hydrogen (secondary N) is 5. The predicted octanol–water partition coefficient (Wildman–Crippen LogP) is 1.90. The van der Waals surface area contributed by atoms with Crippen LogP contribution >= 0.6 is 0 Å². The fourth-order valence-corrected chi connectivity index (χ4v) is 8.70. The summed E-state index contributed by atoms with van der Waals surface area (Å²) in [5, 5.41) is 13.7. The molecule has 1 aliphatic rings. The van der Waals surface area contributed by atoms with Crippen molar-refractivity contribution in [3.05, 3.63) is 29.8 Å². The highest BCUT2D eigenvalue weighted by Gasteiger charge is 2.43. The molecule has 1 heterocycles. The van der Waals surface area contributed by atoms with Crippen molar-refractivity contribution < 1.29 is 43.0 Å². The number of benzene rings is 1. The molecule has 1 fully saturated rings. The first-order chi connectivity index (χ1) is 30.6. The van der Waals surface area contributed by atoms with Gasteiger partial charge in [0, 0.05) is 52.5 Å². The van der Waals surface area contributed by atoms with E-state index < -0.39 is 54.1 Å². The van der Waals surface area contributed by atoms with E-state index in [4.69, 9.17) is 15.2 Å². The molecule has 1 aromatic carbocycles. The molecule has 9 atom stereocenters. The van der Waals surface area contributed by atoms with Crippen LogP contribution in [0.1, 0.15) is 93.1 Å². The number of hydrogen-bond acceptors (Lipinski definition) is 11. The number of carbonyl (C=O) groups excluding carboxylic acids is 7. The van der Waals surface area contributed by atoms with E-state index in [-0.39, 0.29) is 85.8 Å². The van der Waals surface area contributed by atoms with Crippen molar-refractivity contribution in [1.29, 1.82) is 0 Å². The van der Waals surface area contributed by atoms with Crippen LogP contribution in [0.4, 0.5) is 5.69 Å². The van der Waals surface area contributed by atoms with E-state index >= 15 is 0 Å². The van der Waals surface area contributed by atoms with Crippen molar-refractivity contribution in [3.63, 3.8) is 0 Å². The minimum atomic E-state index is -0.784. The molecule has 0 bridgehead atoms. The average Bonchev–Trinajstić information content (AvgIpc) is 3.75. The summed E-state index contributed by atoms with van der Waals surface area (Å²) in [6.07, 6.45) is 1.48. The van der Waals surface area contributed by atoms with E-state index in [9.17, 15) is 33.6 Å². The van der Waals surface area contributed by atoms with Crippen molar-refractivity contribution in [2.45, 2.75) is 136 Å². The minimum Gasteiger partial charge on any atom is -0.379 e. The van der Waals surface area contributed by atoms with Gasteiger partial charge in [0.2, 0.25) is 41.4 Å². The summed E-state index contributed by atoms with van der Waals surface area (Å²) in [4.78, 5) is 96.8. The molecule has 18 heteroatoms. The molecule has 368 valence electrons. The fraction of sp³-hybridized carbons (Fsp3) is 0.723. The molecule has 65 heavy (non-hydrogen) atoms. The van der Waals surface area contributed by atoms with Crippen LogP contribution in [-0.4, -0.2) is 160 Å². The van der Waals surface area contributed by atoms with Gasteiger partial charge in [0.1, 0.15) is 6.04 Å². The van der Waals surface area contributed by atoms with Crippen LogP contribution in [0.25, 0.3) is 0 Å². The number of anilines is 1. The van der Waals surface area contributed by atoms with E-state index in [2.05, 4.69) is 26.6 Å². The second-order valence-corrected chi connectivity index (χ2v) is 18.3. The van der Waals surface area contributed by atoms with Gasteiger partial charge in [-0.2, -0.15) is 0 Å². The fourth-order valence-electron chi connectivity index (χ4n) is 8.70. The van der Waals surface area contributed by atoms with E-state index in [0.717, 1.165) is 18.4 Å². The largest absolute Gasteiger partial charge is 0.379 e. The zero-order valence-corrected chi connectivity index (χ0v) is 41.3. The van der Waals surface area contributed by atoms with Gasteiger partial charge in [0.05, 0.1) is 55.8 Å². The molecule has 1 aromatic rings. The third kappa shape index (κ3) is 16.9. The molecule has 2 rings (SSSR count). The normalized spacial score (nSPS) is 17.6. The molecule has 18 nitrogen and oxygen atoms in total. The summed E-state index contributed by atoms with van der Waals surface area (Å²) >= 11 is 0. The van der Waals surface area contributed by atoms with Crippen molar-refractivity contribution in [2.75, 3.05) is 66.9 Å². The zero-order chi connectivity index (χ0) is 49.1. The van der Waals surface area contributed by atoms with Gasteiger partial charge in [-0.15, -0.1) is 0 Å². The Kier molecular flexibility index (Phi) is 24.1. The van der Waals surface area contributed by atoms with E-state index in [1.54, 1.807) is 57.0 Å². The summed E-state index contributed by atoms with van der Waals surface area (Å²) in [5.41, 5.74) is 7.51. The summed E-state index contributed by atoms with van der Waals surface area (Å²) in [6, 6.07) is 4.58. The van der Waals surface area contributed by atoms with E-state index in [0.29, 0.717) is 25.1 Å². The lowest BCUT2D eigenvalue weighted by Crippen LogP contribution is -2.59. The van der Waals surface area contributed by atoms with Gasteiger partial charge >= 0.3 is 0 Å². The van der Waals surface area contributed by atoms with Crippen LogP contribution in [0.2, 0.25) is 0 Å². The number of hydrogen-bond donors (Lipinski definition) is 6. The number of ether oxygens (including phenoxy) is 2. The number of likely N-dealkylation sites (N-methyl/N-ethyl adjacent to an activating group) is 2. The lowest BCUT2D eigenvalue weighted by Gasteiger charge is -2.41. The second kappa shape index (κ2) is 27.7. The van der Waals surface area contributed by atoms with Crippen molar-refractivity contribution >= 4 is 47.0 Å². The molecule has 0 saturated carbocycles. The topological polar surface area (TPSA) is 234 Å². The standard InChI is InChI=1S/C47H81N9O9/c1-14-30(7)43(55(11)47(63)41(28(3)4)53-46(62)42(29(5)6)54(9)10)36(64-12)24-40(60)56-22-16-17-35(56)44(65-13)31(8)45(61)52-34(25-48)23-32-18-20-33(21-19-32)51-39(59)27-50-38(58)26-49-37(57)15-2/h18-21,28-31,34-36,41-44H,14-17,22-27,48H2,1-13H3,(H,49,57)(H,50,58)(H,51,59)(H,52,61)(H,53,62)/t30-,31+,34-,35-,36+,41-,42?,43-,44+/m0/s1. The molecule has 1 unspecified atom stereocenters. The average molecular weight is 916 g/mol. The van der Waals surface area contributed by atoms with Crippen LogP contribution in [0.15, 0.2) is 24.3 Å². The number of nitrogens with zero attached hydrogens (tertiary/aromatic N) is 3. The highest BCUT2D eigenvalue weighted by atomic mass is 16.5. The maximum Gasteiger partial charge on any atom is 0.245 e. The minimum absolute atomic E-state index is 0.000308. The number of nitrogens with two attached hydrogens (primary N) is 1. The van der Waals surface area contributed by atoms with Gasteiger partial charge in [-0.3, -0.25) is 38.5 Å². The Hall–Kier alpha value is -4.65. The molecule has 7 N–H and O–H groups in total. The molecular formula is C47H81N9O9. The molecule has 0 spiro atoms. The Morgan fingerprint density at radius 2 is 1.43 bits per heavy atom. The highest BCUT2D eigenvalue weighted by molar-refractivity contribution is 5.95. The number of amides is 7. The first-order valence-corrected chi connectivity index (χ1v) is 23.2. The van der Waals surface area contributed by atoms with Crippen molar-refractivity contribution in [1.82, 2.24) is 36.0 Å². The maximum absolute atomic E-state index is 14.3. The Morgan fingerprint density at radius 3 is 1.95 bits per heavy atom. The van der Waals surface area contributed by atoms with Gasteiger partial charge in [-0.1, -0.05) is 73.9 Å². The molecular weight excluding hydrogens is 835 g/mol. The molecule has 0 radical (unpaired) electrons. The first-order valence-electron chi connectivity index (χ1n) is 23.2. The van der Waals surface area contributed by atoms with Crippen LogP contribution in [0, 0.1) is 23.7 Å². The van der Waals surface area contributed by atoms with Crippen molar-refractivity contribution in [2.24, 2.45) is 29.4 Å². The molecule has 0 aliphatic carbocycles. The number of likely N-dealkylation sites (tertiary alicyclic amines) is 1. The van der Waals surface area contributed by atoms with Gasteiger partial charge in [0.15, 0.2) is 0 Å². The van der Waals surface area contributed by atoms with Gasteiger partial charge in [-0.05, 0) is 68.8 Å². The van der Waals surface area contributed by atoms with Crippen molar-refractivity contribution in [3.8, 4) is 0 Å². The van der Waals surface area contributed by atoms with Crippen LogP contribution < -0.4 is 32.3 Å². The van der Waals surface area contributed by atoms with Crippen LogP contribution in [-0.2, 0) is 49.5 Å². The Bertz CT molecular complexity index is 1700. The van der Waals surface area contributed by atoms with Gasteiger partial charge in [-0.25, -0.2) is 0 Å². The summed E-state index contributed by atoms with van der Waals surface area (Å²) < 4.78 is 12.0. The zero-order valence-electron chi connectivity index (χ0n) is 41.3. The monoisotopic (exact) mass is 916 g/mol. The number of rotatable bonds is 27. The van der Waals surface area contributed by atoms with E-state index in [1.165, 1.54) is 0 Å². The Labute approximate surface area is 387 Å². The lowest BCUT2D eigenvalue weighted by atomic mass is 9.89. The third-order valence-corrected chi connectivity index (χ3v) is 12.5. The smallest absolute Gasteiger partial charge is 0.245 e. The Balaban J connectivity index is 2.13. The van der Waals surface area contributed by atoms with Gasteiger partial charge < -0.3 is 51.6 Å². The number of methoxy groups -OCH3 is 2. The second-order valence-electron chi connectivity index (χ2n) is 18.3. The summed E-state index contributed by atoms with van der Waals surface area (Å²) in [6.45, 7) is 15.4. The molecule has 7 amide bonds. The SMILES string of the molecule is CCC(=O)NCC(=O)NCC(=O)Nc1ccc(C[C@@H](CN)NC(=O)[C@H](C)[C@@H](OC)[C@@H]2CCCN2C(=O)C[C@@H](OC)[C@H]([C@@H](C)CC)N(C)C(=O)[C@@H](NC(=O)C(C(C)C)N(C)C)C(C)C)cc1. The number of carbonyl (C=O) groups is 7. The Morgan fingerprint density at radius 1 is 0.815 bits per heavy atom. The van der Waals surface area contributed by atoms with E-state index in [1.807, 2.05) is 72.7 Å². The maximum atomic E-state index is 14.3. The molecule has 0 aromatic heterocycles. The summed E-state index contributed by atoms with van der Waals surface area (Å²) in [5.74, 6) is -2.93. The molecule has 1 aliphatic heterocycles. The summed E-state index contributed by atoms with van der Waals surface area (Å²) in [7, 11) is 8.51. The quantitative estimate of drug-likeness (QED) is 0.0747. The first kappa shape index (κ1) is 56.5. The predicted molar refractivity (Wildman–Crippen MR) is 251 cm³/mol.